The molecule has 0 saturated carbocycles. The minimum absolute atomic E-state index is 0.0158. The van der Waals surface area contributed by atoms with E-state index in [-0.39, 0.29) is 12.1 Å². The molecule has 2 rings (SSSR count). The van der Waals surface area contributed by atoms with Gasteiger partial charge in [-0.1, -0.05) is 18.2 Å². The number of hydrogen-bond donors (Lipinski definition) is 3. The summed E-state index contributed by atoms with van der Waals surface area (Å²) in [6, 6.07) is -0.0158. The van der Waals surface area contributed by atoms with Gasteiger partial charge in [-0.2, -0.15) is 0 Å². The summed E-state index contributed by atoms with van der Waals surface area (Å²) in [5.41, 5.74) is 4.62. The highest BCUT2D eigenvalue weighted by molar-refractivity contribution is 5.70. The molecule has 1 aliphatic carbocycles. The molecule has 4 N–H and O–H groups in total. The van der Waals surface area contributed by atoms with E-state index in [2.05, 4.69) is 10.7 Å². The number of alkyl carbamates (subject to hydrolysis) is 1. The summed E-state index contributed by atoms with van der Waals surface area (Å²) in [6.07, 6.45) is 8.31. The monoisotopic (exact) mass is 207 g/mol. The van der Waals surface area contributed by atoms with Crippen molar-refractivity contribution in [2.75, 3.05) is 6.61 Å². The van der Waals surface area contributed by atoms with Crippen molar-refractivity contribution in [3.05, 3.63) is 35.6 Å². The number of carbonyl (C=O) groups excluding carboxylic acids is 1. The fourth-order valence-electron chi connectivity index (χ4n) is 1.54. The Bertz CT molecular complexity index is 358. The Morgan fingerprint density at radius 1 is 1.60 bits per heavy atom. The molecule has 2 aliphatic rings. The molecule has 0 bridgehead atoms. The number of carbonyl (C=O) groups is 1. The van der Waals surface area contributed by atoms with E-state index in [9.17, 15) is 4.79 Å². The quantitative estimate of drug-likeness (QED) is 0.450. The summed E-state index contributed by atoms with van der Waals surface area (Å²) in [7, 11) is 0. The molecule has 0 aromatic carbocycles. The minimum atomic E-state index is -0.350. The van der Waals surface area contributed by atoms with Gasteiger partial charge in [0.1, 0.15) is 6.61 Å². The lowest BCUT2D eigenvalue weighted by Gasteiger charge is -2.09. The second kappa shape index (κ2) is 4.18. The molecule has 1 fully saturated rings. The Morgan fingerprint density at radius 2 is 2.47 bits per heavy atom. The molecule has 0 radical (unpaired) electrons. The predicted octanol–water partition coefficient (Wildman–Crippen LogP) is 0.328. The lowest BCUT2D eigenvalue weighted by molar-refractivity contribution is 0.177. The van der Waals surface area contributed by atoms with Crippen LogP contribution in [0.15, 0.2) is 35.6 Å². The number of allylic oxidation sites excluding steroid dienone is 4. The molecular formula is C10H13N3O2. The molecular weight excluding hydrogens is 194 g/mol. The third-order valence-electron chi connectivity index (χ3n) is 2.31. The highest BCUT2D eigenvalue weighted by Crippen LogP contribution is 2.15. The molecule has 5 heteroatoms. The van der Waals surface area contributed by atoms with Crippen LogP contribution in [0.1, 0.15) is 6.42 Å². The third-order valence-corrected chi connectivity index (χ3v) is 2.31. The molecule has 1 saturated heterocycles. The SMILES string of the molecule is NNC1=CCC(=CC2COC(=O)N2)C=C1. The molecule has 0 aromatic rings. The van der Waals surface area contributed by atoms with E-state index < -0.39 is 0 Å². The van der Waals surface area contributed by atoms with Crippen molar-refractivity contribution in [1.29, 1.82) is 0 Å². The third kappa shape index (κ3) is 2.38. The molecule has 15 heavy (non-hydrogen) atoms. The number of rotatable bonds is 2. The number of cyclic esters (lactones) is 1. The Balaban J connectivity index is 1.96. The number of hydrazine groups is 1. The maximum Gasteiger partial charge on any atom is 0.407 e. The first kappa shape index (κ1) is 9.79. The van der Waals surface area contributed by atoms with Crippen LogP contribution in [0.2, 0.25) is 0 Å². The van der Waals surface area contributed by atoms with Crippen molar-refractivity contribution < 1.29 is 9.53 Å². The first-order valence-electron chi connectivity index (χ1n) is 4.77. The molecule has 1 atom stereocenters. The summed E-state index contributed by atoms with van der Waals surface area (Å²) in [5.74, 6) is 5.26. The van der Waals surface area contributed by atoms with Gasteiger partial charge in [-0.05, 0) is 18.1 Å². The Hall–Kier alpha value is -1.75. The normalized spacial score (nSPS) is 27.3. The van der Waals surface area contributed by atoms with Crippen LogP contribution < -0.4 is 16.6 Å². The zero-order valence-electron chi connectivity index (χ0n) is 8.19. The van der Waals surface area contributed by atoms with Crippen molar-refractivity contribution in [1.82, 2.24) is 10.7 Å². The summed E-state index contributed by atoms with van der Waals surface area (Å²) >= 11 is 0. The van der Waals surface area contributed by atoms with Crippen LogP contribution in [0.25, 0.3) is 0 Å². The molecule has 1 amide bonds. The number of nitrogens with two attached hydrogens (primary N) is 1. The molecule has 1 heterocycles. The zero-order valence-corrected chi connectivity index (χ0v) is 8.19. The fraction of sp³-hybridized carbons (Fsp3) is 0.300. The summed E-state index contributed by atoms with van der Waals surface area (Å²) in [4.78, 5) is 10.8. The second-order valence-corrected chi connectivity index (χ2v) is 3.43. The Labute approximate surface area is 87.6 Å². The average molecular weight is 207 g/mol. The van der Waals surface area contributed by atoms with Crippen molar-refractivity contribution >= 4 is 6.09 Å². The van der Waals surface area contributed by atoms with Crippen LogP contribution in [-0.4, -0.2) is 18.7 Å². The van der Waals surface area contributed by atoms with Crippen LogP contribution in [0.5, 0.6) is 0 Å². The summed E-state index contributed by atoms with van der Waals surface area (Å²) < 4.78 is 4.78. The van der Waals surface area contributed by atoms with Crippen LogP contribution >= 0.6 is 0 Å². The average Bonchev–Trinajstić information content (AvgIpc) is 2.65. The van der Waals surface area contributed by atoms with Gasteiger partial charge < -0.3 is 15.5 Å². The molecule has 5 nitrogen and oxygen atoms in total. The van der Waals surface area contributed by atoms with E-state index in [1.807, 2.05) is 24.3 Å². The summed E-state index contributed by atoms with van der Waals surface area (Å²) in [5, 5.41) is 2.69. The molecule has 0 spiro atoms. The summed E-state index contributed by atoms with van der Waals surface area (Å²) in [6.45, 7) is 0.405. The van der Waals surface area contributed by atoms with E-state index in [0.717, 1.165) is 17.7 Å². The molecule has 1 unspecified atom stereocenters. The first-order chi connectivity index (χ1) is 7.28. The fourth-order valence-corrected chi connectivity index (χ4v) is 1.54. The van der Waals surface area contributed by atoms with E-state index in [0.29, 0.717) is 6.61 Å². The highest BCUT2D eigenvalue weighted by atomic mass is 16.6. The number of hydrogen-bond acceptors (Lipinski definition) is 4. The largest absolute Gasteiger partial charge is 0.447 e. The smallest absolute Gasteiger partial charge is 0.407 e. The number of amides is 1. The predicted molar refractivity (Wildman–Crippen MR) is 55.5 cm³/mol. The standard InChI is InChI=1S/C10H13N3O2/c11-13-8-3-1-7(2-4-8)5-9-6-15-10(14)12-9/h1,3-5,9,13H,2,6,11H2,(H,12,14). The van der Waals surface area contributed by atoms with Gasteiger partial charge in [0.05, 0.1) is 6.04 Å². The second-order valence-electron chi connectivity index (χ2n) is 3.43. The van der Waals surface area contributed by atoms with Crippen LogP contribution in [-0.2, 0) is 4.74 Å². The van der Waals surface area contributed by atoms with Gasteiger partial charge >= 0.3 is 6.09 Å². The van der Waals surface area contributed by atoms with E-state index in [1.165, 1.54) is 0 Å². The lowest BCUT2D eigenvalue weighted by atomic mass is 10.0. The van der Waals surface area contributed by atoms with Gasteiger partial charge in [0.2, 0.25) is 0 Å². The van der Waals surface area contributed by atoms with Gasteiger partial charge in [-0.3, -0.25) is 5.84 Å². The van der Waals surface area contributed by atoms with Crippen molar-refractivity contribution in [2.45, 2.75) is 12.5 Å². The van der Waals surface area contributed by atoms with E-state index in [1.54, 1.807) is 0 Å². The van der Waals surface area contributed by atoms with Gasteiger partial charge in [0.25, 0.3) is 0 Å². The Kier molecular flexibility index (Phi) is 2.73. The van der Waals surface area contributed by atoms with Gasteiger partial charge in [-0.15, -0.1) is 0 Å². The first-order valence-corrected chi connectivity index (χ1v) is 4.77. The maximum absolute atomic E-state index is 10.8. The topological polar surface area (TPSA) is 76.4 Å². The number of ether oxygens (including phenoxy) is 1. The highest BCUT2D eigenvalue weighted by Gasteiger charge is 2.20. The lowest BCUT2D eigenvalue weighted by Crippen LogP contribution is -2.24. The van der Waals surface area contributed by atoms with Gasteiger partial charge in [0, 0.05) is 5.70 Å². The van der Waals surface area contributed by atoms with Crippen LogP contribution in [0, 0.1) is 0 Å². The van der Waals surface area contributed by atoms with Crippen molar-refractivity contribution in [3.63, 3.8) is 0 Å². The number of nitrogens with one attached hydrogen (secondary N) is 2. The van der Waals surface area contributed by atoms with E-state index in [4.69, 9.17) is 10.6 Å². The zero-order chi connectivity index (χ0) is 10.7. The maximum atomic E-state index is 10.8. The molecule has 0 aromatic heterocycles. The van der Waals surface area contributed by atoms with E-state index >= 15 is 0 Å². The molecule has 1 aliphatic heterocycles. The van der Waals surface area contributed by atoms with Crippen molar-refractivity contribution in [3.8, 4) is 0 Å². The molecule has 80 valence electrons. The minimum Gasteiger partial charge on any atom is -0.447 e. The van der Waals surface area contributed by atoms with Crippen molar-refractivity contribution in [2.24, 2.45) is 5.84 Å². The van der Waals surface area contributed by atoms with Gasteiger partial charge in [0.15, 0.2) is 0 Å². The Morgan fingerprint density at radius 3 is 3.00 bits per heavy atom. The van der Waals surface area contributed by atoms with Crippen LogP contribution in [0.3, 0.4) is 0 Å². The van der Waals surface area contributed by atoms with Gasteiger partial charge in [-0.25, -0.2) is 4.79 Å². The van der Waals surface area contributed by atoms with Crippen LogP contribution in [0.4, 0.5) is 4.79 Å².